The van der Waals surface area contributed by atoms with Crippen molar-refractivity contribution in [3.63, 3.8) is 0 Å². The first-order chi connectivity index (χ1) is 20.6. The molecule has 4 unspecified atom stereocenters. The lowest BCUT2D eigenvalue weighted by Crippen LogP contribution is -2.58. The molecule has 0 radical (unpaired) electrons. The number of nitrogens with two attached hydrogens (primary N) is 2. The number of H-pyrrole nitrogens is 1. The number of benzene rings is 2. The Labute approximate surface area is 248 Å². The normalized spacial score (nSPS) is 13.8. The van der Waals surface area contributed by atoms with E-state index in [0.717, 1.165) is 22.0 Å². The molecule has 230 valence electrons. The van der Waals surface area contributed by atoms with Crippen LogP contribution >= 0.6 is 0 Å². The molecule has 0 aliphatic carbocycles. The summed E-state index contributed by atoms with van der Waals surface area (Å²) in [5.74, 6) is -5.06. The molecule has 3 aromatic rings. The molecule has 4 atom stereocenters. The van der Waals surface area contributed by atoms with Crippen LogP contribution in [0.15, 0.2) is 60.8 Å². The molecule has 43 heavy (non-hydrogen) atoms. The molecule has 3 rings (SSSR count). The van der Waals surface area contributed by atoms with Crippen LogP contribution in [0.4, 0.5) is 0 Å². The number of rotatable bonds is 17. The minimum absolute atomic E-state index is 0.0894. The van der Waals surface area contributed by atoms with Gasteiger partial charge in [-0.2, -0.15) is 0 Å². The van der Waals surface area contributed by atoms with E-state index in [1.807, 2.05) is 30.3 Å². The van der Waals surface area contributed by atoms with E-state index in [2.05, 4.69) is 20.9 Å². The average Bonchev–Trinajstić information content (AvgIpc) is 3.38. The molecule has 0 fully saturated rings. The predicted molar refractivity (Wildman–Crippen MR) is 159 cm³/mol. The van der Waals surface area contributed by atoms with E-state index >= 15 is 0 Å². The molecule has 1 aromatic heterocycles. The number of carboxylic acids is 2. The van der Waals surface area contributed by atoms with E-state index in [1.54, 1.807) is 30.5 Å². The van der Waals surface area contributed by atoms with Crippen molar-refractivity contribution in [1.82, 2.24) is 20.9 Å². The highest BCUT2D eigenvalue weighted by atomic mass is 16.4. The third-order valence-corrected chi connectivity index (χ3v) is 6.94. The largest absolute Gasteiger partial charge is 0.481 e. The van der Waals surface area contributed by atoms with Crippen LogP contribution in [0.1, 0.15) is 36.8 Å². The van der Waals surface area contributed by atoms with Gasteiger partial charge in [0.1, 0.15) is 18.1 Å². The van der Waals surface area contributed by atoms with E-state index < -0.39 is 60.2 Å². The fraction of sp³-hybridized carbons (Fsp3) is 0.367. The highest BCUT2D eigenvalue weighted by molar-refractivity contribution is 5.95. The molecule has 3 amide bonds. The highest BCUT2D eigenvalue weighted by Crippen LogP contribution is 2.19. The minimum Gasteiger partial charge on any atom is -0.481 e. The van der Waals surface area contributed by atoms with Crippen LogP contribution in [-0.2, 0) is 36.8 Å². The number of hydrogen-bond acceptors (Lipinski definition) is 7. The molecule has 0 spiro atoms. The number of aliphatic carboxylic acids is 2. The zero-order chi connectivity index (χ0) is 31.4. The topological polar surface area (TPSA) is 230 Å². The number of hydrogen-bond donors (Lipinski definition) is 8. The molecule has 0 saturated carbocycles. The Balaban J connectivity index is 1.77. The summed E-state index contributed by atoms with van der Waals surface area (Å²) in [7, 11) is 0. The summed E-state index contributed by atoms with van der Waals surface area (Å²) in [6, 6.07) is 11.5. The van der Waals surface area contributed by atoms with Gasteiger partial charge in [-0.05, 0) is 49.4 Å². The molecular formula is C30H38N6O7. The number of carboxylic acid groups (broad SMARTS) is 2. The van der Waals surface area contributed by atoms with Crippen LogP contribution in [0, 0.1) is 0 Å². The molecule has 13 nitrogen and oxygen atoms in total. The van der Waals surface area contributed by atoms with E-state index in [1.165, 1.54) is 0 Å². The molecule has 2 aromatic carbocycles. The third-order valence-electron chi connectivity index (χ3n) is 6.94. The van der Waals surface area contributed by atoms with Crippen molar-refractivity contribution in [3.05, 3.63) is 71.9 Å². The number of para-hydroxylation sites is 1. The lowest BCUT2D eigenvalue weighted by molar-refractivity contribution is -0.147. The van der Waals surface area contributed by atoms with Crippen LogP contribution in [0.5, 0.6) is 0 Å². The zero-order valence-electron chi connectivity index (χ0n) is 23.6. The lowest BCUT2D eigenvalue weighted by Gasteiger charge is -2.25. The molecule has 1 heterocycles. The van der Waals surface area contributed by atoms with Crippen molar-refractivity contribution in [1.29, 1.82) is 0 Å². The summed E-state index contributed by atoms with van der Waals surface area (Å²) in [6.07, 6.45) is 2.31. The maximum Gasteiger partial charge on any atom is 0.326 e. The Morgan fingerprint density at radius 1 is 0.767 bits per heavy atom. The standard InChI is InChI=1S/C30H38N6O7/c31-13-7-6-12-23(28(40)36-25(30(42)43)16-26(37)38)34-29(41)24(14-18-8-2-1-3-9-18)35-27(39)21(32)15-19-17-33-22-11-5-4-10-20(19)22/h1-5,8-11,17,21,23-25,33H,6-7,12-16,31-32H2,(H,34,41)(H,35,39)(H,36,40)(H,37,38)(H,42,43). The smallest absolute Gasteiger partial charge is 0.326 e. The predicted octanol–water partition coefficient (Wildman–Crippen LogP) is 0.423. The second-order valence-electron chi connectivity index (χ2n) is 10.3. The van der Waals surface area contributed by atoms with E-state index in [0.29, 0.717) is 19.4 Å². The van der Waals surface area contributed by atoms with Crippen molar-refractivity contribution in [2.75, 3.05) is 6.54 Å². The Morgan fingerprint density at radius 3 is 2.07 bits per heavy atom. The first-order valence-electron chi connectivity index (χ1n) is 14.0. The van der Waals surface area contributed by atoms with Crippen LogP contribution in [0.3, 0.4) is 0 Å². The number of carbonyl (C=O) groups is 5. The van der Waals surface area contributed by atoms with Crippen molar-refractivity contribution >= 4 is 40.6 Å². The van der Waals surface area contributed by atoms with Crippen LogP contribution < -0.4 is 27.4 Å². The number of aromatic amines is 1. The highest BCUT2D eigenvalue weighted by Gasteiger charge is 2.31. The summed E-state index contributed by atoms with van der Waals surface area (Å²) >= 11 is 0. The van der Waals surface area contributed by atoms with Gasteiger partial charge in [0.25, 0.3) is 0 Å². The maximum absolute atomic E-state index is 13.6. The SMILES string of the molecule is NCCCCC(NC(=O)C(Cc1ccccc1)NC(=O)C(N)Cc1c[nH]c2ccccc12)C(=O)NC(CC(=O)O)C(=O)O. The van der Waals surface area contributed by atoms with Crippen molar-refractivity contribution < 1.29 is 34.2 Å². The number of fused-ring (bicyclic) bond motifs is 1. The van der Waals surface area contributed by atoms with Gasteiger partial charge in [0.15, 0.2) is 0 Å². The molecule has 13 heteroatoms. The Morgan fingerprint density at radius 2 is 1.40 bits per heavy atom. The van der Waals surface area contributed by atoms with Gasteiger partial charge in [0.2, 0.25) is 17.7 Å². The van der Waals surface area contributed by atoms with Gasteiger partial charge in [-0.15, -0.1) is 0 Å². The van der Waals surface area contributed by atoms with Crippen LogP contribution in [-0.4, -0.2) is 75.6 Å². The monoisotopic (exact) mass is 594 g/mol. The number of carbonyl (C=O) groups excluding carboxylic acids is 3. The summed E-state index contributed by atoms with van der Waals surface area (Å²) in [5.41, 5.74) is 14.3. The first-order valence-corrected chi connectivity index (χ1v) is 14.0. The van der Waals surface area contributed by atoms with Crippen molar-refractivity contribution in [2.45, 2.75) is 62.7 Å². The van der Waals surface area contributed by atoms with E-state index in [4.69, 9.17) is 16.6 Å². The van der Waals surface area contributed by atoms with Gasteiger partial charge in [0.05, 0.1) is 12.5 Å². The van der Waals surface area contributed by atoms with Crippen LogP contribution in [0.2, 0.25) is 0 Å². The Kier molecular flexibility index (Phi) is 12.2. The summed E-state index contributed by atoms with van der Waals surface area (Å²) in [5, 5.41) is 26.8. The number of amides is 3. The van der Waals surface area contributed by atoms with Gasteiger partial charge in [-0.3, -0.25) is 19.2 Å². The van der Waals surface area contributed by atoms with Crippen LogP contribution in [0.25, 0.3) is 10.9 Å². The van der Waals surface area contributed by atoms with Gasteiger partial charge in [0, 0.05) is 23.5 Å². The second kappa shape index (κ2) is 16.0. The van der Waals surface area contributed by atoms with Gasteiger partial charge in [-0.25, -0.2) is 4.79 Å². The Hall–Kier alpha value is -4.75. The molecule has 0 saturated heterocycles. The third kappa shape index (κ3) is 9.94. The number of nitrogens with one attached hydrogen (secondary N) is 4. The van der Waals surface area contributed by atoms with E-state index in [-0.39, 0.29) is 19.3 Å². The second-order valence-corrected chi connectivity index (χ2v) is 10.3. The summed E-state index contributed by atoms with van der Waals surface area (Å²) in [6.45, 7) is 0.333. The molecular weight excluding hydrogens is 556 g/mol. The van der Waals surface area contributed by atoms with Gasteiger partial charge < -0.3 is 42.6 Å². The number of unbranched alkanes of at least 4 members (excludes halogenated alkanes) is 1. The van der Waals surface area contributed by atoms with Gasteiger partial charge >= 0.3 is 11.9 Å². The summed E-state index contributed by atoms with van der Waals surface area (Å²) in [4.78, 5) is 65.6. The van der Waals surface area contributed by atoms with E-state index in [9.17, 15) is 29.1 Å². The minimum atomic E-state index is -1.69. The van der Waals surface area contributed by atoms with Gasteiger partial charge in [-0.1, -0.05) is 48.5 Å². The maximum atomic E-state index is 13.6. The molecule has 0 bridgehead atoms. The zero-order valence-corrected chi connectivity index (χ0v) is 23.6. The van der Waals surface area contributed by atoms with Crippen molar-refractivity contribution in [2.24, 2.45) is 11.5 Å². The molecule has 10 N–H and O–H groups in total. The first kappa shape index (κ1) is 32.8. The summed E-state index contributed by atoms with van der Waals surface area (Å²) < 4.78 is 0. The fourth-order valence-electron chi connectivity index (χ4n) is 4.65. The van der Waals surface area contributed by atoms with Crippen molar-refractivity contribution in [3.8, 4) is 0 Å². The lowest BCUT2D eigenvalue weighted by atomic mass is 10.0. The fourth-order valence-corrected chi connectivity index (χ4v) is 4.65. The average molecular weight is 595 g/mol. The molecule has 0 aliphatic rings. The molecule has 0 aliphatic heterocycles. The Bertz CT molecular complexity index is 1410. The number of aromatic nitrogens is 1. The quantitative estimate of drug-likeness (QED) is 0.101.